The molecule has 0 unspecified atom stereocenters. The summed E-state index contributed by atoms with van der Waals surface area (Å²) in [5.74, 6) is 0. The number of rotatable bonds is 9. The number of hydrogen-bond acceptors (Lipinski definition) is 1. The van der Waals surface area contributed by atoms with E-state index in [1.54, 1.807) is 0 Å². The minimum atomic E-state index is 0.567. The lowest BCUT2D eigenvalue weighted by molar-refractivity contribution is 0.147. The molecule has 0 radical (unpaired) electrons. The molecule has 1 rings (SSSR count). The van der Waals surface area contributed by atoms with E-state index in [0.29, 0.717) is 5.41 Å². The molecule has 0 bridgehead atoms. The molecule has 2 heteroatoms. The van der Waals surface area contributed by atoms with Gasteiger partial charge in [0.1, 0.15) is 0 Å². The van der Waals surface area contributed by atoms with Crippen molar-refractivity contribution in [2.75, 3.05) is 25.0 Å². The normalized spacial score (nSPS) is 19.6. The fourth-order valence-corrected chi connectivity index (χ4v) is 4.06. The highest BCUT2D eigenvalue weighted by Gasteiger charge is 2.31. The summed E-state index contributed by atoms with van der Waals surface area (Å²) in [4.78, 5) is 2.76. The molecular formula is C17H34BrN. The Bertz CT molecular complexity index is 201. The average Bonchev–Trinajstić information content (AvgIpc) is 2.68. The Morgan fingerprint density at radius 1 is 0.895 bits per heavy atom. The molecule has 0 atom stereocenters. The molecule has 1 saturated carbocycles. The van der Waals surface area contributed by atoms with E-state index in [-0.39, 0.29) is 0 Å². The molecule has 0 N–H and O–H groups in total. The van der Waals surface area contributed by atoms with Gasteiger partial charge in [0.15, 0.2) is 0 Å². The summed E-state index contributed by atoms with van der Waals surface area (Å²) in [6.07, 6.45) is 14.1. The summed E-state index contributed by atoms with van der Waals surface area (Å²) in [5, 5.41) is 1.20. The van der Waals surface area contributed by atoms with Gasteiger partial charge in [0.25, 0.3) is 0 Å². The van der Waals surface area contributed by atoms with E-state index in [2.05, 4.69) is 34.7 Å². The molecule has 0 aromatic rings. The van der Waals surface area contributed by atoms with Crippen LogP contribution in [0.25, 0.3) is 0 Å². The van der Waals surface area contributed by atoms with E-state index in [9.17, 15) is 0 Å². The highest BCUT2D eigenvalue weighted by Crippen LogP contribution is 2.37. The van der Waals surface area contributed by atoms with Gasteiger partial charge in [-0.15, -0.1) is 0 Å². The summed E-state index contributed by atoms with van der Waals surface area (Å²) < 4.78 is 0. The Balaban J connectivity index is 2.55. The van der Waals surface area contributed by atoms with Gasteiger partial charge < -0.3 is 4.90 Å². The first-order chi connectivity index (χ1) is 9.26. The van der Waals surface area contributed by atoms with Crippen molar-refractivity contribution in [3.63, 3.8) is 0 Å². The highest BCUT2D eigenvalue weighted by molar-refractivity contribution is 9.09. The molecule has 0 spiro atoms. The number of alkyl halides is 1. The lowest BCUT2D eigenvalue weighted by Crippen LogP contribution is -2.40. The zero-order valence-corrected chi connectivity index (χ0v) is 14.8. The SMILES string of the molecule is CCCCN(CCCC)CC1(CBr)CCCCCC1. The Morgan fingerprint density at radius 2 is 1.42 bits per heavy atom. The summed E-state index contributed by atoms with van der Waals surface area (Å²) in [6.45, 7) is 8.57. The maximum Gasteiger partial charge on any atom is 0.0100 e. The number of halogens is 1. The molecule has 0 aliphatic heterocycles. The Morgan fingerprint density at radius 3 is 1.84 bits per heavy atom. The standard InChI is InChI=1S/C17H34BrN/c1-3-5-13-19(14-6-4-2)16-17(15-18)11-9-7-8-10-12-17/h3-16H2,1-2H3. The van der Waals surface area contributed by atoms with Crippen molar-refractivity contribution in [1.82, 2.24) is 4.90 Å². The van der Waals surface area contributed by atoms with Crippen molar-refractivity contribution in [2.24, 2.45) is 5.41 Å². The van der Waals surface area contributed by atoms with Gasteiger partial charge in [0.05, 0.1) is 0 Å². The molecule has 1 aliphatic carbocycles. The maximum absolute atomic E-state index is 3.84. The summed E-state index contributed by atoms with van der Waals surface area (Å²) in [5.41, 5.74) is 0.567. The molecule has 1 aliphatic rings. The third kappa shape index (κ3) is 6.62. The largest absolute Gasteiger partial charge is 0.303 e. The summed E-state index contributed by atoms with van der Waals surface area (Å²) in [6, 6.07) is 0. The second kappa shape index (κ2) is 10.2. The third-order valence-corrected chi connectivity index (χ3v) is 5.85. The Kier molecular flexibility index (Phi) is 9.40. The second-order valence-electron chi connectivity index (χ2n) is 6.53. The predicted molar refractivity (Wildman–Crippen MR) is 90.2 cm³/mol. The zero-order valence-electron chi connectivity index (χ0n) is 13.2. The Labute approximate surface area is 129 Å². The third-order valence-electron chi connectivity index (χ3n) is 4.66. The number of unbranched alkanes of at least 4 members (excludes halogenated alkanes) is 2. The van der Waals surface area contributed by atoms with Crippen LogP contribution in [0.2, 0.25) is 0 Å². The minimum absolute atomic E-state index is 0.567. The van der Waals surface area contributed by atoms with Gasteiger partial charge in [0.2, 0.25) is 0 Å². The monoisotopic (exact) mass is 331 g/mol. The van der Waals surface area contributed by atoms with Crippen LogP contribution in [-0.4, -0.2) is 29.9 Å². The van der Waals surface area contributed by atoms with Gasteiger partial charge in [-0.25, -0.2) is 0 Å². The quantitative estimate of drug-likeness (QED) is 0.391. The van der Waals surface area contributed by atoms with Gasteiger partial charge >= 0.3 is 0 Å². The van der Waals surface area contributed by atoms with Crippen molar-refractivity contribution in [2.45, 2.75) is 78.1 Å². The van der Waals surface area contributed by atoms with Crippen LogP contribution in [0.15, 0.2) is 0 Å². The van der Waals surface area contributed by atoms with Gasteiger partial charge in [0, 0.05) is 11.9 Å². The molecule has 0 amide bonds. The smallest absolute Gasteiger partial charge is 0.0100 e. The predicted octanol–water partition coefficient (Wildman–Crippen LogP) is 5.62. The van der Waals surface area contributed by atoms with E-state index in [1.165, 1.54) is 89.2 Å². The van der Waals surface area contributed by atoms with Gasteiger partial charge in [-0.1, -0.05) is 68.3 Å². The first-order valence-corrected chi connectivity index (χ1v) is 9.67. The zero-order chi connectivity index (χ0) is 14.0. The van der Waals surface area contributed by atoms with E-state index in [4.69, 9.17) is 0 Å². The van der Waals surface area contributed by atoms with Crippen LogP contribution >= 0.6 is 15.9 Å². The molecule has 19 heavy (non-hydrogen) atoms. The van der Waals surface area contributed by atoms with E-state index in [1.807, 2.05) is 0 Å². The van der Waals surface area contributed by atoms with Crippen molar-refractivity contribution in [3.8, 4) is 0 Å². The summed E-state index contributed by atoms with van der Waals surface area (Å²) in [7, 11) is 0. The van der Waals surface area contributed by atoms with Gasteiger partial charge in [-0.3, -0.25) is 0 Å². The Hall–Kier alpha value is 0.440. The lowest BCUT2D eigenvalue weighted by atomic mass is 9.82. The van der Waals surface area contributed by atoms with Gasteiger partial charge in [-0.2, -0.15) is 0 Å². The first-order valence-electron chi connectivity index (χ1n) is 8.54. The molecule has 0 heterocycles. The molecular weight excluding hydrogens is 298 g/mol. The van der Waals surface area contributed by atoms with Crippen LogP contribution in [0.3, 0.4) is 0 Å². The number of hydrogen-bond donors (Lipinski definition) is 0. The van der Waals surface area contributed by atoms with Crippen LogP contribution in [-0.2, 0) is 0 Å². The second-order valence-corrected chi connectivity index (χ2v) is 7.09. The fourth-order valence-electron chi connectivity index (χ4n) is 3.32. The molecule has 0 aromatic carbocycles. The minimum Gasteiger partial charge on any atom is -0.303 e. The fraction of sp³-hybridized carbons (Fsp3) is 1.00. The van der Waals surface area contributed by atoms with Crippen LogP contribution in [0.4, 0.5) is 0 Å². The molecule has 0 aromatic heterocycles. The van der Waals surface area contributed by atoms with Crippen molar-refractivity contribution in [1.29, 1.82) is 0 Å². The topological polar surface area (TPSA) is 3.24 Å². The molecule has 1 fully saturated rings. The van der Waals surface area contributed by atoms with E-state index in [0.717, 1.165) is 0 Å². The van der Waals surface area contributed by atoms with E-state index >= 15 is 0 Å². The van der Waals surface area contributed by atoms with Crippen LogP contribution in [0, 0.1) is 5.41 Å². The van der Waals surface area contributed by atoms with Gasteiger partial charge in [-0.05, 0) is 44.2 Å². The summed E-state index contributed by atoms with van der Waals surface area (Å²) >= 11 is 3.84. The van der Waals surface area contributed by atoms with Crippen molar-refractivity contribution < 1.29 is 0 Å². The molecule has 1 nitrogen and oxygen atoms in total. The van der Waals surface area contributed by atoms with E-state index < -0.39 is 0 Å². The lowest BCUT2D eigenvalue weighted by Gasteiger charge is -2.37. The first kappa shape index (κ1) is 17.5. The highest BCUT2D eigenvalue weighted by atomic mass is 79.9. The van der Waals surface area contributed by atoms with Crippen LogP contribution in [0.1, 0.15) is 78.1 Å². The van der Waals surface area contributed by atoms with Crippen LogP contribution < -0.4 is 0 Å². The molecule has 114 valence electrons. The number of nitrogens with zero attached hydrogens (tertiary/aromatic N) is 1. The van der Waals surface area contributed by atoms with Crippen molar-refractivity contribution in [3.05, 3.63) is 0 Å². The van der Waals surface area contributed by atoms with Crippen molar-refractivity contribution >= 4 is 15.9 Å². The molecule has 0 saturated heterocycles. The maximum atomic E-state index is 3.84. The average molecular weight is 332 g/mol. The van der Waals surface area contributed by atoms with Crippen LogP contribution in [0.5, 0.6) is 0 Å².